The summed E-state index contributed by atoms with van der Waals surface area (Å²) in [6, 6.07) is 4.26. The van der Waals surface area contributed by atoms with Crippen molar-refractivity contribution in [3.05, 3.63) is 36.2 Å². The molecule has 2 heteroatoms. The highest BCUT2D eigenvalue weighted by molar-refractivity contribution is 5.83. The lowest BCUT2D eigenvalue weighted by Crippen LogP contribution is -2.55. The van der Waals surface area contributed by atoms with Crippen LogP contribution in [0.5, 0.6) is 0 Å². The average molecular weight is 350 g/mol. The maximum atomic E-state index is 13.1. The zero-order chi connectivity index (χ0) is 17.9. The van der Waals surface area contributed by atoms with Crippen LogP contribution in [-0.4, -0.2) is 10.8 Å². The number of ketones is 1. The van der Waals surface area contributed by atoms with E-state index in [2.05, 4.69) is 37.0 Å². The summed E-state index contributed by atoms with van der Waals surface area (Å²) >= 11 is 0. The SMILES string of the molecule is C[C@]12CCCCC1C(=O)C[C@@H]1[C@@H]2CC[C@]2(C)C(c3cccnc3)=CC[C@@H]12. The molecule has 4 aliphatic rings. The van der Waals surface area contributed by atoms with Gasteiger partial charge in [0.25, 0.3) is 0 Å². The molecule has 4 aliphatic carbocycles. The van der Waals surface area contributed by atoms with Gasteiger partial charge in [0.1, 0.15) is 5.78 Å². The van der Waals surface area contributed by atoms with Gasteiger partial charge in [-0.2, -0.15) is 0 Å². The Kier molecular flexibility index (Phi) is 3.71. The maximum absolute atomic E-state index is 13.1. The first-order chi connectivity index (χ1) is 12.5. The van der Waals surface area contributed by atoms with E-state index >= 15 is 0 Å². The predicted octanol–water partition coefficient (Wildman–Crippen LogP) is 5.69. The van der Waals surface area contributed by atoms with Gasteiger partial charge in [-0.3, -0.25) is 9.78 Å². The van der Waals surface area contributed by atoms with Gasteiger partial charge >= 0.3 is 0 Å². The van der Waals surface area contributed by atoms with E-state index in [4.69, 9.17) is 0 Å². The molecule has 1 unspecified atom stereocenters. The largest absolute Gasteiger partial charge is 0.299 e. The van der Waals surface area contributed by atoms with Gasteiger partial charge in [0.05, 0.1) is 0 Å². The van der Waals surface area contributed by atoms with Crippen molar-refractivity contribution in [3.63, 3.8) is 0 Å². The Morgan fingerprint density at radius 2 is 2.00 bits per heavy atom. The number of carbonyl (C=O) groups excluding carboxylic acids is 1. The molecule has 6 atom stereocenters. The highest BCUT2D eigenvalue weighted by Gasteiger charge is 2.60. The molecule has 0 N–H and O–H groups in total. The van der Waals surface area contributed by atoms with Gasteiger partial charge in [-0.25, -0.2) is 0 Å². The molecule has 0 aliphatic heterocycles. The summed E-state index contributed by atoms with van der Waals surface area (Å²) in [7, 11) is 0. The summed E-state index contributed by atoms with van der Waals surface area (Å²) in [5.41, 5.74) is 3.29. The average Bonchev–Trinajstić information content (AvgIpc) is 3.00. The smallest absolute Gasteiger partial charge is 0.136 e. The van der Waals surface area contributed by atoms with E-state index in [0.29, 0.717) is 23.5 Å². The van der Waals surface area contributed by atoms with Crippen molar-refractivity contribution in [1.82, 2.24) is 4.98 Å². The van der Waals surface area contributed by atoms with Crippen LogP contribution in [0.3, 0.4) is 0 Å². The van der Waals surface area contributed by atoms with Crippen molar-refractivity contribution in [1.29, 1.82) is 0 Å². The predicted molar refractivity (Wildman–Crippen MR) is 104 cm³/mol. The Morgan fingerprint density at radius 1 is 1.12 bits per heavy atom. The summed E-state index contributed by atoms with van der Waals surface area (Å²) in [4.78, 5) is 17.5. The van der Waals surface area contributed by atoms with Crippen LogP contribution in [0.25, 0.3) is 5.57 Å². The topological polar surface area (TPSA) is 30.0 Å². The number of aromatic nitrogens is 1. The lowest BCUT2D eigenvalue weighted by atomic mass is 9.44. The minimum absolute atomic E-state index is 0.225. The van der Waals surface area contributed by atoms with Crippen LogP contribution in [0.1, 0.15) is 70.8 Å². The first-order valence-electron chi connectivity index (χ1n) is 10.7. The molecule has 5 rings (SSSR count). The number of nitrogens with zero attached hydrogens (tertiary/aromatic N) is 1. The van der Waals surface area contributed by atoms with E-state index in [1.165, 1.54) is 43.2 Å². The zero-order valence-corrected chi connectivity index (χ0v) is 16.2. The first-order valence-corrected chi connectivity index (χ1v) is 10.7. The second-order valence-electron chi connectivity index (χ2n) is 9.90. The summed E-state index contributed by atoms with van der Waals surface area (Å²) < 4.78 is 0. The lowest BCUT2D eigenvalue weighted by Gasteiger charge is -2.59. The lowest BCUT2D eigenvalue weighted by molar-refractivity contribution is -0.150. The maximum Gasteiger partial charge on any atom is 0.136 e. The molecule has 26 heavy (non-hydrogen) atoms. The minimum atomic E-state index is 0.225. The number of Topliss-reactive ketones (excluding diaryl/α,β-unsaturated/α-hetero) is 1. The molecular weight excluding hydrogens is 318 g/mol. The number of hydrogen-bond donors (Lipinski definition) is 0. The third-order valence-electron chi connectivity index (χ3n) is 8.92. The fourth-order valence-electron chi connectivity index (χ4n) is 7.63. The van der Waals surface area contributed by atoms with Crippen LogP contribution >= 0.6 is 0 Å². The van der Waals surface area contributed by atoms with Crippen molar-refractivity contribution in [2.24, 2.45) is 34.5 Å². The van der Waals surface area contributed by atoms with E-state index in [1.807, 2.05) is 12.4 Å². The quantitative estimate of drug-likeness (QED) is 0.652. The number of hydrogen-bond acceptors (Lipinski definition) is 2. The van der Waals surface area contributed by atoms with Crippen LogP contribution in [-0.2, 0) is 4.79 Å². The van der Waals surface area contributed by atoms with E-state index in [9.17, 15) is 4.79 Å². The van der Waals surface area contributed by atoms with Gasteiger partial charge < -0.3 is 0 Å². The molecule has 2 nitrogen and oxygen atoms in total. The Bertz CT molecular complexity index is 753. The second kappa shape index (κ2) is 5.78. The Hall–Kier alpha value is -1.44. The molecule has 0 amide bonds. The van der Waals surface area contributed by atoms with E-state index in [1.54, 1.807) is 0 Å². The van der Waals surface area contributed by atoms with Crippen LogP contribution in [0.4, 0.5) is 0 Å². The highest BCUT2D eigenvalue weighted by atomic mass is 16.1. The molecule has 1 heterocycles. The van der Waals surface area contributed by atoms with Crippen molar-refractivity contribution >= 4 is 11.4 Å². The van der Waals surface area contributed by atoms with Gasteiger partial charge in [0.15, 0.2) is 0 Å². The number of pyridine rings is 1. The molecule has 3 fully saturated rings. The van der Waals surface area contributed by atoms with Crippen LogP contribution < -0.4 is 0 Å². The molecule has 1 aromatic rings. The van der Waals surface area contributed by atoms with Gasteiger partial charge in [0.2, 0.25) is 0 Å². The van der Waals surface area contributed by atoms with Gasteiger partial charge in [-0.1, -0.05) is 38.8 Å². The number of rotatable bonds is 1. The molecule has 3 saturated carbocycles. The summed E-state index contributed by atoms with van der Waals surface area (Å²) in [5, 5.41) is 0. The molecule has 0 saturated heterocycles. The minimum Gasteiger partial charge on any atom is -0.299 e. The normalized spacial score (nSPS) is 44.7. The fourth-order valence-corrected chi connectivity index (χ4v) is 7.63. The Morgan fingerprint density at radius 3 is 2.81 bits per heavy atom. The van der Waals surface area contributed by atoms with Crippen molar-refractivity contribution in [3.8, 4) is 0 Å². The highest BCUT2D eigenvalue weighted by Crippen LogP contribution is 2.66. The standard InChI is InChI=1S/C24H31NO/c1-23-11-4-3-7-21(23)22(26)14-17-19-9-8-18(16-6-5-13-25-15-16)24(19,2)12-10-20(17)23/h5-6,8,13,15,17,19-21H,3-4,7,9-12,14H2,1-2H3/t17-,19-,20-,21?,23+,24+/m0/s1. The van der Waals surface area contributed by atoms with Crippen molar-refractivity contribution < 1.29 is 4.79 Å². The third-order valence-corrected chi connectivity index (χ3v) is 8.92. The van der Waals surface area contributed by atoms with Crippen LogP contribution in [0.2, 0.25) is 0 Å². The Balaban J connectivity index is 1.49. The molecule has 1 aromatic heterocycles. The second-order valence-corrected chi connectivity index (χ2v) is 9.90. The van der Waals surface area contributed by atoms with Crippen molar-refractivity contribution in [2.45, 2.75) is 65.2 Å². The number of fused-ring (bicyclic) bond motifs is 5. The monoisotopic (exact) mass is 349 g/mol. The molecule has 138 valence electrons. The summed E-state index contributed by atoms with van der Waals surface area (Å²) in [5.74, 6) is 2.93. The fraction of sp³-hybridized carbons (Fsp3) is 0.667. The first kappa shape index (κ1) is 16.7. The summed E-state index contributed by atoms with van der Waals surface area (Å²) in [6.07, 6.45) is 15.9. The third kappa shape index (κ3) is 2.17. The summed E-state index contributed by atoms with van der Waals surface area (Å²) in [6.45, 7) is 4.94. The molecule has 0 aromatic carbocycles. The van der Waals surface area contributed by atoms with Crippen LogP contribution in [0, 0.1) is 34.5 Å². The molecule has 0 radical (unpaired) electrons. The number of carbonyl (C=O) groups is 1. The van der Waals surface area contributed by atoms with Gasteiger partial charge in [-0.15, -0.1) is 0 Å². The van der Waals surface area contributed by atoms with E-state index in [0.717, 1.165) is 25.2 Å². The molecular formula is C24H31NO. The molecule has 0 bridgehead atoms. The van der Waals surface area contributed by atoms with Crippen LogP contribution in [0.15, 0.2) is 30.6 Å². The zero-order valence-electron chi connectivity index (χ0n) is 16.2. The molecule has 0 spiro atoms. The number of allylic oxidation sites excluding steroid dienone is 2. The van der Waals surface area contributed by atoms with E-state index < -0.39 is 0 Å². The van der Waals surface area contributed by atoms with Crippen molar-refractivity contribution in [2.75, 3.05) is 0 Å². The van der Waals surface area contributed by atoms with Gasteiger partial charge in [0, 0.05) is 24.7 Å². The Labute approximate surface area is 157 Å². The van der Waals surface area contributed by atoms with E-state index in [-0.39, 0.29) is 10.8 Å². The van der Waals surface area contributed by atoms with Gasteiger partial charge in [-0.05, 0) is 77.9 Å².